The van der Waals surface area contributed by atoms with E-state index >= 15 is 0 Å². The molecule has 2 aromatic carbocycles. The molecule has 6 heterocycles. The second kappa shape index (κ2) is 14.8. The van der Waals surface area contributed by atoms with E-state index in [0.717, 1.165) is 58.4 Å². The number of aryl methyl sites for hydroxylation is 1. The molecule has 292 valence electrons. The minimum absolute atomic E-state index is 0.00474. The third-order valence-corrected chi connectivity index (χ3v) is 13.5. The van der Waals surface area contributed by atoms with Gasteiger partial charge in [-0.05, 0) is 85.2 Å². The standard InChI is InChI=1S/C36H39N11O7S2/c1-22-11-19-55-30(22)33(51)46-34(37)40-35(41-46)38-24-2-5-26(6-3-24)56(53,54)44-17-15-42(16-18-44)21-23-8-12-43(13-9-23)25-4-7-27-28(20-25)32(50)47(31(27)49)45-14-10-29(48)39-36(45)52/h2-7,11,19-20,23H,8-10,12-18,21H2,1H3,(H,39,48,52)(H3,37,38,40,41). The van der Waals surface area contributed by atoms with Crippen molar-refractivity contribution in [1.29, 1.82) is 0 Å². The van der Waals surface area contributed by atoms with Crippen LogP contribution >= 0.6 is 11.3 Å². The molecule has 0 unspecified atom stereocenters. The normalized spacial score (nSPS) is 18.8. The highest BCUT2D eigenvalue weighted by molar-refractivity contribution is 7.89. The van der Waals surface area contributed by atoms with Crippen LogP contribution in [0, 0.1) is 12.8 Å². The largest absolute Gasteiger partial charge is 0.371 e. The van der Waals surface area contributed by atoms with Gasteiger partial charge >= 0.3 is 6.03 Å². The summed E-state index contributed by atoms with van der Waals surface area (Å²) in [5.41, 5.74) is 8.58. The highest BCUT2D eigenvalue weighted by Gasteiger charge is 2.43. The number of hydrogen-bond acceptors (Lipinski definition) is 14. The van der Waals surface area contributed by atoms with Gasteiger partial charge < -0.3 is 20.9 Å². The summed E-state index contributed by atoms with van der Waals surface area (Å²) in [5, 5.41) is 12.9. The minimum atomic E-state index is -3.73. The summed E-state index contributed by atoms with van der Waals surface area (Å²) in [5.74, 6) is -1.56. The Bertz CT molecular complexity index is 2350. The quantitative estimate of drug-likeness (QED) is 0.208. The number of amides is 5. The number of fused-ring (bicyclic) bond motifs is 1. The van der Waals surface area contributed by atoms with Crippen molar-refractivity contribution in [2.45, 2.75) is 31.1 Å². The fraction of sp³-hybridized carbons (Fsp3) is 0.361. The lowest BCUT2D eigenvalue weighted by Gasteiger charge is -2.39. The van der Waals surface area contributed by atoms with Gasteiger partial charge in [0.15, 0.2) is 0 Å². The van der Waals surface area contributed by atoms with E-state index in [1.54, 1.807) is 24.3 Å². The first-order chi connectivity index (χ1) is 26.9. The van der Waals surface area contributed by atoms with E-state index in [2.05, 4.69) is 30.5 Å². The Morgan fingerprint density at radius 3 is 2.32 bits per heavy atom. The Balaban J connectivity index is 0.811. The van der Waals surface area contributed by atoms with Crippen molar-refractivity contribution in [2.75, 3.05) is 68.3 Å². The molecule has 0 aliphatic carbocycles. The number of hydrogen-bond donors (Lipinski definition) is 3. The molecule has 8 rings (SSSR count). The molecular weight excluding hydrogens is 763 g/mol. The van der Waals surface area contributed by atoms with E-state index in [0.29, 0.717) is 42.7 Å². The number of aromatic nitrogens is 3. The van der Waals surface area contributed by atoms with Crippen molar-refractivity contribution >= 4 is 74.3 Å². The van der Waals surface area contributed by atoms with Crippen LogP contribution in [-0.2, 0) is 14.8 Å². The van der Waals surface area contributed by atoms with E-state index in [-0.39, 0.29) is 46.8 Å². The van der Waals surface area contributed by atoms with Crippen LogP contribution in [0.5, 0.6) is 0 Å². The first-order valence-electron chi connectivity index (χ1n) is 18.2. The van der Waals surface area contributed by atoms with E-state index in [4.69, 9.17) is 5.73 Å². The van der Waals surface area contributed by atoms with E-state index in [1.807, 2.05) is 24.4 Å². The number of nitrogens with zero attached hydrogens (tertiary/aromatic N) is 8. The van der Waals surface area contributed by atoms with Crippen molar-refractivity contribution in [1.82, 2.24) is 39.3 Å². The van der Waals surface area contributed by atoms with Crippen LogP contribution in [0.25, 0.3) is 0 Å². The maximum atomic E-state index is 13.5. The summed E-state index contributed by atoms with van der Waals surface area (Å²) in [4.78, 5) is 72.4. The van der Waals surface area contributed by atoms with Crippen molar-refractivity contribution < 1.29 is 32.4 Å². The average molecular weight is 802 g/mol. The molecule has 3 saturated heterocycles. The number of sulfonamides is 1. The van der Waals surface area contributed by atoms with Gasteiger partial charge in [-0.2, -0.15) is 19.0 Å². The summed E-state index contributed by atoms with van der Waals surface area (Å²) >= 11 is 1.29. The number of carbonyl (C=O) groups is 5. The van der Waals surface area contributed by atoms with Crippen LogP contribution in [0.3, 0.4) is 0 Å². The summed E-state index contributed by atoms with van der Waals surface area (Å²) in [6, 6.07) is 12.5. The maximum Gasteiger partial charge on any atom is 0.343 e. The van der Waals surface area contributed by atoms with Gasteiger partial charge in [0.1, 0.15) is 0 Å². The second-order valence-corrected chi connectivity index (χ2v) is 17.0. The molecule has 0 atom stereocenters. The van der Waals surface area contributed by atoms with Gasteiger partial charge in [-0.1, -0.05) is 0 Å². The molecule has 4 N–H and O–H groups in total. The van der Waals surface area contributed by atoms with Crippen molar-refractivity contribution in [3.8, 4) is 0 Å². The fourth-order valence-corrected chi connectivity index (χ4v) is 9.74. The first-order valence-corrected chi connectivity index (χ1v) is 20.5. The maximum absolute atomic E-state index is 13.5. The van der Waals surface area contributed by atoms with Gasteiger partial charge in [0, 0.05) is 63.6 Å². The van der Waals surface area contributed by atoms with Gasteiger partial charge in [-0.25, -0.2) is 18.2 Å². The molecule has 0 radical (unpaired) electrons. The Morgan fingerprint density at radius 1 is 0.929 bits per heavy atom. The Labute approximate surface area is 325 Å². The molecule has 18 nitrogen and oxygen atoms in total. The molecule has 20 heteroatoms. The van der Waals surface area contributed by atoms with Crippen LogP contribution < -0.4 is 21.3 Å². The number of thiophene rings is 1. The van der Waals surface area contributed by atoms with Crippen molar-refractivity contribution in [2.24, 2.45) is 5.92 Å². The third-order valence-electron chi connectivity index (χ3n) is 10.6. The highest BCUT2D eigenvalue weighted by atomic mass is 32.2. The second-order valence-electron chi connectivity index (χ2n) is 14.1. The third kappa shape index (κ3) is 6.99. The summed E-state index contributed by atoms with van der Waals surface area (Å²) in [7, 11) is -3.73. The number of hydrazine groups is 1. The van der Waals surface area contributed by atoms with Gasteiger partial charge in [0.05, 0.1) is 27.4 Å². The van der Waals surface area contributed by atoms with Crippen LogP contribution in [-0.4, -0.2) is 124 Å². The zero-order chi connectivity index (χ0) is 39.3. The Hall–Kier alpha value is -5.70. The van der Waals surface area contributed by atoms with Gasteiger partial charge in [-0.3, -0.25) is 24.5 Å². The Kier molecular flexibility index (Phi) is 9.81. The topological polar surface area (TPSA) is 216 Å². The van der Waals surface area contributed by atoms with Gasteiger partial charge in [-0.15, -0.1) is 16.4 Å². The summed E-state index contributed by atoms with van der Waals surface area (Å²) in [6.07, 6.45) is 1.81. The summed E-state index contributed by atoms with van der Waals surface area (Å²) < 4.78 is 29.6. The number of nitrogens with two attached hydrogens (primary N) is 1. The SMILES string of the molecule is Cc1ccsc1C(=O)n1nc(Nc2ccc(S(=O)(=O)N3CCN(CC4CCN(c5ccc6c(c5)C(=O)N(N5CCC(=O)NC5=O)C6=O)CC4)CC3)cc2)nc1N. The number of piperazine rings is 1. The van der Waals surface area contributed by atoms with Crippen LogP contribution in [0.2, 0.25) is 0 Å². The lowest BCUT2D eigenvalue weighted by Crippen LogP contribution is -2.58. The number of carbonyl (C=O) groups excluding carboxylic acids is 5. The van der Waals surface area contributed by atoms with E-state index < -0.39 is 33.8 Å². The number of urea groups is 1. The Morgan fingerprint density at radius 2 is 1.64 bits per heavy atom. The first kappa shape index (κ1) is 37.2. The summed E-state index contributed by atoms with van der Waals surface area (Å²) in [6.45, 7) is 6.09. The smallest absolute Gasteiger partial charge is 0.343 e. The van der Waals surface area contributed by atoms with Crippen molar-refractivity contribution in [3.05, 3.63) is 75.5 Å². The predicted molar refractivity (Wildman–Crippen MR) is 205 cm³/mol. The monoisotopic (exact) mass is 801 g/mol. The number of anilines is 4. The molecule has 5 amide bonds. The predicted octanol–water partition coefficient (Wildman–Crippen LogP) is 2.34. The molecule has 4 aromatic rings. The number of nitrogen functional groups attached to an aromatic ring is 1. The molecular formula is C36H39N11O7S2. The highest BCUT2D eigenvalue weighted by Crippen LogP contribution is 2.32. The molecule has 3 fully saturated rings. The van der Waals surface area contributed by atoms with E-state index in [9.17, 15) is 32.4 Å². The number of nitrogens with one attached hydrogen (secondary N) is 2. The number of benzene rings is 2. The van der Waals surface area contributed by atoms with Gasteiger partial charge in [0.25, 0.3) is 17.7 Å². The fourth-order valence-electron chi connectivity index (χ4n) is 7.47. The van der Waals surface area contributed by atoms with Crippen molar-refractivity contribution in [3.63, 3.8) is 0 Å². The molecule has 0 spiro atoms. The zero-order valence-electron chi connectivity index (χ0n) is 30.4. The number of imide groups is 2. The zero-order valence-corrected chi connectivity index (χ0v) is 32.0. The number of piperidine rings is 1. The van der Waals surface area contributed by atoms with Crippen LogP contribution in [0.1, 0.15) is 55.2 Å². The van der Waals surface area contributed by atoms with E-state index in [1.165, 1.54) is 27.8 Å². The number of rotatable bonds is 9. The molecule has 56 heavy (non-hydrogen) atoms. The van der Waals surface area contributed by atoms with Gasteiger partial charge in [0.2, 0.25) is 27.8 Å². The van der Waals surface area contributed by atoms with Crippen LogP contribution in [0.15, 0.2) is 58.8 Å². The average Bonchev–Trinajstić information content (AvgIpc) is 3.86. The van der Waals surface area contributed by atoms with Crippen LogP contribution in [0.4, 0.5) is 28.1 Å². The lowest BCUT2D eigenvalue weighted by atomic mass is 9.95. The molecule has 0 saturated carbocycles. The minimum Gasteiger partial charge on any atom is -0.371 e. The molecule has 4 aliphatic rings. The molecule has 4 aliphatic heterocycles. The molecule has 0 bridgehead atoms. The molecule has 2 aromatic heterocycles. The lowest BCUT2D eigenvalue weighted by molar-refractivity contribution is -0.122.